The Hall–Kier alpha value is -3.02. The first-order chi connectivity index (χ1) is 13.6. The number of hydrogen-bond acceptors (Lipinski definition) is 3. The van der Waals surface area contributed by atoms with Crippen molar-refractivity contribution in [1.29, 1.82) is 0 Å². The van der Waals surface area contributed by atoms with Gasteiger partial charge in [0.05, 0.1) is 30.1 Å². The van der Waals surface area contributed by atoms with Crippen LogP contribution in [0, 0.1) is 5.82 Å². The van der Waals surface area contributed by atoms with Gasteiger partial charge in [-0.2, -0.15) is 5.10 Å². The van der Waals surface area contributed by atoms with Gasteiger partial charge in [0.25, 0.3) is 5.56 Å². The van der Waals surface area contributed by atoms with E-state index in [0.717, 1.165) is 36.6 Å². The van der Waals surface area contributed by atoms with E-state index in [9.17, 15) is 14.0 Å². The summed E-state index contributed by atoms with van der Waals surface area (Å²) in [6.45, 7) is 0.244. The first kappa shape index (κ1) is 18.3. The Morgan fingerprint density at radius 1 is 1.07 bits per heavy atom. The average Bonchev–Trinajstić information content (AvgIpc) is 3.24. The van der Waals surface area contributed by atoms with Gasteiger partial charge in [-0.05, 0) is 36.6 Å². The third-order valence-electron chi connectivity index (χ3n) is 5.31. The van der Waals surface area contributed by atoms with Crippen LogP contribution in [0.25, 0.3) is 10.8 Å². The van der Waals surface area contributed by atoms with Crippen LogP contribution >= 0.6 is 0 Å². The van der Waals surface area contributed by atoms with E-state index in [4.69, 9.17) is 0 Å². The fourth-order valence-corrected chi connectivity index (χ4v) is 3.83. The lowest BCUT2D eigenvalue weighted by atomic mass is 10.1. The number of fused-ring (bicyclic) bond motifs is 1. The van der Waals surface area contributed by atoms with Crippen molar-refractivity contribution >= 4 is 16.7 Å². The van der Waals surface area contributed by atoms with Gasteiger partial charge in [0, 0.05) is 5.39 Å². The molecule has 0 spiro atoms. The maximum Gasteiger partial charge on any atom is 0.274 e. The molecular weight excluding hydrogens is 357 g/mol. The number of halogens is 1. The van der Waals surface area contributed by atoms with E-state index in [0.29, 0.717) is 11.1 Å². The van der Waals surface area contributed by atoms with Gasteiger partial charge in [0.1, 0.15) is 5.82 Å². The third kappa shape index (κ3) is 3.81. The van der Waals surface area contributed by atoms with Crippen molar-refractivity contribution in [2.75, 3.05) is 0 Å². The Labute approximate surface area is 162 Å². The van der Waals surface area contributed by atoms with E-state index in [2.05, 4.69) is 10.4 Å². The number of rotatable bonds is 5. The number of nitrogens with one attached hydrogen (secondary N) is 1. The first-order valence-electron chi connectivity index (χ1n) is 9.63. The van der Waals surface area contributed by atoms with Crippen LogP contribution in [0.3, 0.4) is 0 Å². The summed E-state index contributed by atoms with van der Waals surface area (Å²) in [4.78, 5) is 25.2. The van der Waals surface area contributed by atoms with Crippen LogP contribution in [-0.4, -0.2) is 15.7 Å². The van der Waals surface area contributed by atoms with E-state index in [1.165, 1.54) is 12.1 Å². The Morgan fingerprint density at radius 3 is 2.46 bits per heavy atom. The Kier molecular flexibility index (Phi) is 5.19. The van der Waals surface area contributed by atoms with Crippen molar-refractivity contribution in [1.82, 2.24) is 15.1 Å². The molecule has 1 heterocycles. The van der Waals surface area contributed by atoms with Crippen molar-refractivity contribution < 1.29 is 9.18 Å². The van der Waals surface area contributed by atoms with Crippen molar-refractivity contribution in [3.8, 4) is 0 Å². The molecule has 5 nitrogen and oxygen atoms in total. The molecule has 0 unspecified atom stereocenters. The highest BCUT2D eigenvalue weighted by Gasteiger charge is 2.21. The lowest BCUT2D eigenvalue weighted by Gasteiger charge is -2.16. The molecule has 1 aromatic heterocycles. The zero-order valence-corrected chi connectivity index (χ0v) is 15.5. The maximum atomic E-state index is 13.0. The van der Waals surface area contributed by atoms with Crippen molar-refractivity contribution in [2.45, 2.75) is 44.7 Å². The highest BCUT2D eigenvalue weighted by Crippen LogP contribution is 2.28. The van der Waals surface area contributed by atoms with Crippen molar-refractivity contribution in [2.24, 2.45) is 0 Å². The second-order valence-electron chi connectivity index (χ2n) is 7.26. The van der Waals surface area contributed by atoms with E-state index < -0.39 is 0 Å². The van der Waals surface area contributed by atoms with Crippen LogP contribution in [0.5, 0.6) is 0 Å². The highest BCUT2D eigenvalue weighted by atomic mass is 19.1. The van der Waals surface area contributed by atoms with Gasteiger partial charge in [0.2, 0.25) is 5.91 Å². The summed E-state index contributed by atoms with van der Waals surface area (Å²) >= 11 is 0. The molecule has 1 N–H and O–H groups in total. The molecule has 1 fully saturated rings. The maximum absolute atomic E-state index is 13.0. The predicted octanol–water partition coefficient (Wildman–Crippen LogP) is 3.51. The molecule has 0 bridgehead atoms. The molecule has 1 saturated carbocycles. The van der Waals surface area contributed by atoms with Crippen LogP contribution in [-0.2, 0) is 17.8 Å². The molecule has 6 heteroatoms. The zero-order chi connectivity index (χ0) is 19.5. The van der Waals surface area contributed by atoms with Gasteiger partial charge in [-0.15, -0.1) is 0 Å². The molecule has 0 saturated heterocycles. The van der Waals surface area contributed by atoms with E-state index in [1.54, 1.807) is 16.8 Å². The zero-order valence-electron chi connectivity index (χ0n) is 15.5. The van der Waals surface area contributed by atoms with Gasteiger partial charge in [-0.1, -0.05) is 43.2 Å². The van der Waals surface area contributed by atoms with Gasteiger partial charge >= 0.3 is 0 Å². The highest BCUT2D eigenvalue weighted by molar-refractivity contribution is 5.84. The largest absolute Gasteiger partial charge is 0.350 e. The van der Waals surface area contributed by atoms with Gasteiger partial charge in [0.15, 0.2) is 0 Å². The SMILES string of the molecule is O=C(Cc1ccc(F)cc1)NCc1nn(C2CCCC2)c(=O)c2ccccc12. The van der Waals surface area contributed by atoms with Crippen LogP contribution < -0.4 is 10.9 Å². The standard InChI is InChI=1S/C22H22FN3O2/c23-16-11-9-15(10-12-16)13-21(27)24-14-20-18-7-3-4-8-19(18)22(28)26(25-20)17-5-1-2-6-17/h3-4,7-12,17H,1-2,5-6,13-14H2,(H,24,27). The Morgan fingerprint density at radius 2 is 1.75 bits per heavy atom. The second-order valence-corrected chi connectivity index (χ2v) is 7.26. The van der Waals surface area contributed by atoms with Gasteiger partial charge in [-0.25, -0.2) is 9.07 Å². The molecule has 0 aliphatic heterocycles. The predicted molar refractivity (Wildman–Crippen MR) is 105 cm³/mol. The fourth-order valence-electron chi connectivity index (χ4n) is 3.83. The number of hydrogen-bond donors (Lipinski definition) is 1. The van der Waals surface area contributed by atoms with Gasteiger partial charge in [-0.3, -0.25) is 9.59 Å². The number of benzene rings is 2. The number of carbonyl (C=O) groups excluding carboxylic acids is 1. The second kappa shape index (κ2) is 7.92. The minimum absolute atomic E-state index is 0.0658. The minimum atomic E-state index is -0.325. The van der Waals surface area contributed by atoms with Crippen LogP contribution in [0.1, 0.15) is 43.0 Å². The van der Waals surface area contributed by atoms with E-state index in [1.807, 2.05) is 24.3 Å². The smallest absolute Gasteiger partial charge is 0.274 e. The van der Waals surface area contributed by atoms with Gasteiger partial charge < -0.3 is 5.32 Å². The fraction of sp³-hybridized carbons (Fsp3) is 0.318. The third-order valence-corrected chi connectivity index (χ3v) is 5.31. The summed E-state index contributed by atoms with van der Waals surface area (Å²) in [7, 11) is 0. The molecule has 1 aliphatic rings. The summed E-state index contributed by atoms with van der Waals surface area (Å²) in [6.07, 6.45) is 4.30. The topological polar surface area (TPSA) is 64.0 Å². The molecule has 0 atom stereocenters. The monoisotopic (exact) mass is 379 g/mol. The molecule has 2 aromatic carbocycles. The van der Waals surface area contributed by atoms with Crippen LogP contribution in [0.15, 0.2) is 53.3 Å². The normalized spacial score (nSPS) is 14.5. The van der Waals surface area contributed by atoms with E-state index >= 15 is 0 Å². The number of amides is 1. The van der Waals surface area contributed by atoms with E-state index in [-0.39, 0.29) is 36.3 Å². The molecule has 0 radical (unpaired) electrons. The lowest BCUT2D eigenvalue weighted by Crippen LogP contribution is -2.30. The summed E-state index contributed by atoms with van der Waals surface area (Å²) in [5.41, 5.74) is 1.37. The van der Waals surface area contributed by atoms with Crippen molar-refractivity contribution in [3.05, 3.63) is 76.0 Å². The number of nitrogens with zero attached hydrogens (tertiary/aromatic N) is 2. The molecular formula is C22H22FN3O2. The summed E-state index contributed by atoms with van der Waals surface area (Å²) in [6, 6.07) is 13.4. The lowest BCUT2D eigenvalue weighted by molar-refractivity contribution is -0.120. The average molecular weight is 379 g/mol. The van der Waals surface area contributed by atoms with Crippen LogP contribution in [0.2, 0.25) is 0 Å². The summed E-state index contributed by atoms with van der Waals surface area (Å²) < 4.78 is 14.6. The molecule has 1 aliphatic carbocycles. The molecule has 144 valence electrons. The molecule has 4 rings (SSSR count). The Balaban J connectivity index is 1.57. The summed E-state index contributed by atoms with van der Waals surface area (Å²) in [5.74, 6) is -0.495. The minimum Gasteiger partial charge on any atom is -0.350 e. The quantitative estimate of drug-likeness (QED) is 0.738. The molecule has 3 aromatic rings. The number of aromatic nitrogens is 2. The van der Waals surface area contributed by atoms with Crippen molar-refractivity contribution in [3.63, 3.8) is 0 Å². The first-order valence-corrected chi connectivity index (χ1v) is 9.63. The summed E-state index contributed by atoms with van der Waals surface area (Å²) in [5, 5.41) is 8.89. The molecule has 1 amide bonds. The molecule has 28 heavy (non-hydrogen) atoms. The number of carbonyl (C=O) groups is 1. The Bertz CT molecular complexity index is 1050. The van der Waals surface area contributed by atoms with Crippen LogP contribution in [0.4, 0.5) is 4.39 Å².